The third-order valence-corrected chi connectivity index (χ3v) is 4.49. The summed E-state index contributed by atoms with van der Waals surface area (Å²) in [6, 6.07) is 10.1. The molecule has 0 bridgehead atoms. The van der Waals surface area contributed by atoms with E-state index in [-0.39, 0.29) is 17.8 Å². The number of carbonyl (C=O) groups excluding carboxylic acids is 2. The molecule has 0 spiro atoms. The van der Waals surface area contributed by atoms with E-state index in [4.69, 9.17) is 16.3 Å². The van der Waals surface area contributed by atoms with Gasteiger partial charge in [0.2, 0.25) is 0 Å². The van der Waals surface area contributed by atoms with E-state index in [1.807, 2.05) is 13.8 Å². The first-order valence-corrected chi connectivity index (χ1v) is 9.03. The van der Waals surface area contributed by atoms with Crippen molar-refractivity contribution < 1.29 is 14.3 Å². The number of aromatic nitrogens is 1. The molecule has 0 saturated carbocycles. The van der Waals surface area contributed by atoms with Gasteiger partial charge in [0.15, 0.2) is 0 Å². The highest BCUT2D eigenvalue weighted by molar-refractivity contribution is 6.33. The van der Waals surface area contributed by atoms with Gasteiger partial charge in [0, 0.05) is 19.3 Å². The number of nitrogens with one attached hydrogen (secondary N) is 2. The molecule has 2 amide bonds. The molecule has 0 aliphatic carbocycles. The molecule has 1 fully saturated rings. The summed E-state index contributed by atoms with van der Waals surface area (Å²) in [5, 5.41) is 0.309. The molecule has 1 aromatic heterocycles. The van der Waals surface area contributed by atoms with Gasteiger partial charge in [-0.25, -0.2) is 4.98 Å². The van der Waals surface area contributed by atoms with Gasteiger partial charge in [-0.3, -0.25) is 20.4 Å². The van der Waals surface area contributed by atoms with Gasteiger partial charge in [0.25, 0.3) is 11.8 Å². The van der Waals surface area contributed by atoms with Gasteiger partial charge >= 0.3 is 0 Å². The number of halogens is 1. The van der Waals surface area contributed by atoms with Crippen LogP contribution in [0.5, 0.6) is 0 Å². The highest BCUT2D eigenvalue weighted by atomic mass is 35.5. The molecule has 2 unspecified atom stereocenters. The molecular weight excluding hydrogens is 368 g/mol. The fourth-order valence-electron chi connectivity index (χ4n) is 2.97. The van der Waals surface area contributed by atoms with Crippen molar-refractivity contribution >= 4 is 29.2 Å². The zero-order chi connectivity index (χ0) is 19.4. The molecule has 3 rings (SSSR count). The van der Waals surface area contributed by atoms with Crippen LogP contribution in [0.25, 0.3) is 0 Å². The molecule has 1 saturated heterocycles. The average Bonchev–Trinajstić information content (AvgIpc) is 2.65. The third-order valence-electron chi connectivity index (χ3n) is 4.16. The van der Waals surface area contributed by atoms with Crippen molar-refractivity contribution in [3.63, 3.8) is 0 Å². The molecule has 8 heteroatoms. The van der Waals surface area contributed by atoms with E-state index in [1.54, 1.807) is 36.4 Å². The lowest BCUT2D eigenvalue weighted by Gasteiger charge is -2.36. The van der Waals surface area contributed by atoms with E-state index in [1.165, 1.54) is 6.20 Å². The summed E-state index contributed by atoms with van der Waals surface area (Å²) in [4.78, 5) is 30.8. The monoisotopic (exact) mass is 388 g/mol. The number of anilines is 1. The molecule has 2 heterocycles. The Morgan fingerprint density at radius 1 is 1.07 bits per heavy atom. The predicted molar refractivity (Wildman–Crippen MR) is 103 cm³/mol. The second kappa shape index (κ2) is 8.37. The van der Waals surface area contributed by atoms with Crippen LogP contribution < -0.4 is 15.8 Å². The van der Waals surface area contributed by atoms with E-state index >= 15 is 0 Å². The second-order valence-electron chi connectivity index (χ2n) is 6.46. The first-order valence-electron chi connectivity index (χ1n) is 8.65. The number of benzene rings is 1. The number of hydrogen-bond acceptors (Lipinski definition) is 5. The van der Waals surface area contributed by atoms with Crippen LogP contribution in [0, 0.1) is 0 Å². The maximum atomic E-state index is 12.2. The third kappa shape index (κ3) is 4.75. The number of rotatable bonds is 3. The van der Waals surface area contributed by atoms with Crippen LogP contribution >= 0.6 is 11.6 Å². The van der Waals surface area contributed by atoms with E-state index in [2.05, 4.69) is 20.7 Å². The number of pyridine rings is 1. The van der Waals surface area contributed by atoms with Crippen molar-refractivity contribution in [3.05, 3.63) is 58.7 Å². The number of nitrogens with zero attached hydrogens (tertiary/aromatic N) is 2. The van der Waals surface area contributed by atoms with Crippen LogP contribution in [0.4, 0.5) is 5.82 Å². The molecule has 1 aliphatic heterocycles. The zero-order valence-corrected chi connectivity index (χ0v) is 15.9. The lowest BCUT2D eigenvalue weighted by atomic mass is 10.2. The standard InChI is InChI=1S/C19H21ClN4O3/c1-12-10-24(11-13(2)27-12)17-8-7-14(9-21-17)18(25)22-23-19(26)15-5-3-4-6-16(15)20/h3-9,12-13H,10-11H2,1-2H3,(H,22,25)(H,23,26). The van der Waals surface area contributed by atoms with Crippen molar-refractivity contribution in [2.45, 2.75) is 26.1 Å². The Hall–Kier alpha value is -2.64. The largest absolute Gasteiger partial charge is 0.372 e. The van der Waals surface area contributed by atoms with Crippen LogP contribution in [0.2, 0.25) is 5.02 Å². The zero-order valence-electron chi connectivity index (χ0n) is 15.1. The minimum Gasteiger partial charge on any atom is -0.372 e. The average molecular weight is 389 g/mol. The van der Waals surface area contributed by atoms with E-state index in [0.29, 0.717) is 10.6 Å². The summed E-state index contributed by atoms with van der Waals surface area (Å²) < 4.78 is 5.72. The maximum Gasteiger partial charge on any atom is 0.271 e. The molecule has 7 nitrogen and oxygen atoms in total. The first kappa shape index (κ1) is 19.1. The molecule has 0 radical (unpaired) electrons. The fraction of sp³-hybridized carbons (Fsp3) is 0.316. The molecule has 27 heavy (non-hydrogen) atoms. The molecule has 2 aromatic rings. The topological polar surface area (TPSA) is 83.6 Å². The molecule has 1 aliphatic rings. The Balaban J connectivity index is 1.59. The van der Waals surface area contributed by atoms with Gasteiger partial charge in [-0.1, -0.05) is 23.7 Å². The van der Waals surface area contributed by atoms with Crippen LogP contribution in [0.15, 0.2) is 42.6 Å². The Kier molecular flexibility index (Phi) is 5.93. The quantitative estimate of drug-likeness (QED) is 0.789. The van der Waals surface area contributed by atoms with E-state index < -0.39 is 11.8 Å². The smallest absolute Gasteiger partial charge is 0.271 e. The number of hydrogen-bond donors (Lipinski definition) is 2. The normalized spacial score (nSPS) is 19.4. The minimum atomic E-state index is -0.491. The van der Waals surface area contributed by atoms with Gasteiger partial charge in [0.05, 0.1) is 28.4 Å². The lowest BCUT2D eigenvalue weighted by molar-refractivity contribution is -0.00546. The van der Waals surface area contributed by atoms with E-state index in [0.717, 1.165) is 18.9 Å². The van der Waals surface area contributed by atoms with Crippen LogP contribution in [-0.4, -0.2) is 42.1 Å². The van der Waals surface area contributed by atoms with Crippen molar-refractivity contribution in [1.82, 2.24) is 15.8 Å². The molecule has 2 N–H and O–H groups in total. The maximum absolute atomic E-state index is 12.2. The Morgan fingerprint density at radius 3 is 2.37 bits per heavy atom. The number of carbonyl (C=O) groups is 2. The number of morpholine rings is 1. The molecule has 1 aromatic carbocycles. The first-order chi connectivity index (χ1) is 12.9. The predicted octanol–water partition coefficient (Wildman–Crippen LogP) is 2.42. The lowest BCUT2D eigenvalue weighted by Crippen LogP contribution is -2.46. The van der Waals surface area contributed by atoms with Crippen molar-refractivity contribution in [2.75, 3.05) is 18.0 Å². The molecular formula is C19H21ClN4O3. The van der Waals surface area contributed by atoms with Gasteiger partial charge in [-0.05, 0) is 38.1 Å². The summed E-state index contributed by atoms with van der Waals surface area (Å²) in [6.45, 7) is 5.53. The second-order valence-corrected chi connectivity index (χ2v) is 6.86. The summed E-state index contributed by atoms with van der Waals surface area (Å²) in [7, 11) is 0. The van der Waals surface area contributed by atoms with Gasteiger partial charge < -0.3 is 9.64 Å². The highest BCUT2D eigenvalue weighted by Crippen LogP contribution is 2.18. The van der Waals surface area contributed by atoms with Gasteiger partial charge in [-0.2, -0.15) is 0 Å². The fourth-order valence-corrected chi connectivity index (χ4v) is 3.19. The van der Waals surface area contributed by atoms with Gasteiger partial charge in [0.1, 0.15) is 5.82 Å². The van der Waals surface area contributed by atoms with Crippen molar-refractivity contribution in [1.29, 1.82) is 0 Å². The number of hydrazine groups is 1. The Labute approximate surface area is 162 Å². The molecule has 142 valence electrons. The van der Waals surface area contributed by atoms with Crippen molar-refractivity contribution in [2.24, 2.45) is 0 Å². The molecule has 2 atom stereocenters. The SMILES string of the molecule is CC1CN(c2ccc(C(=O)NNC(=O)c3ccccc3Cl)cn2)CC(C)O1. The number of amides is 2. The van der Waals surface area contributed by atoms with Crippen LogP contribution in [-0.2, 0) is 4.74 Å². The summed E-state index contributed by atoms with van der Waals surface area (Å²) in [6.07, 6.45) is 1.73. The van der Waals surface area contributed by atoms with Crippen molar-refractivity contribution in [3.8, 4) is 0 Å². The minimum absolute atomic E-state index is 0.124. The highest BCUT2D eigenvalue weighted by Gasteiger charge is 2.23. The Morgan fingerprint density at radius 2 is 1.74 bits per heavy atom. The summed E-state index contributed by atoms with van der Waals surface area (Å²) in [5.74, 6) is -0.165. The van der Waals surface area contributed by atoms with Crippen LogP contribution in [0.1, 0.15) is 34.6 Å². The van der Waals surface area contributed by atoms with Gasteiger partial charge in [-0.15, -0.1) is 0 Å². The van der Waals surface area contributed by atoms with E-state index in [9.17, 15) is 9.59 Å². The number of ether oxygens (including phenoxy) is 1. The summed E-state index contributed by atoms with van der Waals surface area (Å²) in [5.41, 5.74) is 5.34. The summed E-state index contributed by atoms with van der Waals surface area (Å²) >= 11 is 5.97. The van der Waals surface area contributed by atoms with Crippen LogP contribution in [0.3, 0.4) is 0 Å². The Bertz CT molecular complexity index is 818.